The van der Waals surface area contributed by atoms with Gasteiger partial charge < -0.3 is 9.15 Å². The van der Waals surface area contributed by atoms with Gasteiger partial charge in [0.15, 0.2) is 0 Å². The summed E-state index contributed by atoms with van der Waals surface area (Å²) >= 11 is 6.84. The van der Waals surface area contributed by atoms with Gasteiger partial charge in [0.05, 0.1) is 5.02 Å². The number of aromatic nitrogens is 2. The van der Waals surface area contributed by atoms with E-state index in [9.17, 15) is 13.6 Å². The van der Waals surface area contributed by atoms with E-state index in [4.69, 9.17) is 20.8 Å². The average Bonchev–Trinajstić information content (AvgIpc) is 3.09. The first-order chi connectivity index (χ1) is 12.5. The Balaban J connectivity index is 1.53. The molecule has 0 unspecified atom stereocenters. The van der Waals surface area contributed by atoms with E-state index in [1.807, 2.05) is 0 Å². The summed E-state index contributed by atoms with van der Waals surface area (Å²) in [5.74, 6) is -1.40. The fraction of sp³-hybridized carbons (Fsp3) is 0.118. The first-order valence-electron chi connectivity index (χ1n) is 7.33. The Morgan fingerprint density at radius 1 is 1.15 bits per heavy atom. The number of hydrogen-bond donors (Lipinski definition) is 0. The van der Waals surface area contributed by atoms with Crippen LogP contribution in [0, 0.1) is 11.6 Å². The second-order valence-electron chi connectivity index (χ2n) is 5.03. The van der Waals surface area contributed by atoms with Crippen molar-refractivity contribution < 1.29 is 22.7 Å². The third-order valence-corrected chi connectivity index (χ3v) is 4.40. The van der Waals surface area contributed by atoms with Crippen LogP contribution in [0.4, 0.5) is 8.78 Å². The van der Waals surface area contributed by atoms with Crippen molar-refractivity contribution in [2.75, 3.05) is 5.75 Å². The predicted molar refractivity (Wildman–Crippen MR) is 91.6 cm³/mol. The molecule has 1 heterocycles. The Morgan fingerprint density at radius 3 is 2.65 bits per heavy atom. The van der Waals surface area contributed by atoms with Crippen LogP contribution in [0.2, 0.25) is 5.02 Å². The smallest absolute Gasteiger partial charge is 0.316 e. The number of benzene rings is 2. The molecule has 0 radical (unpaired) electrons. The van der Waals surface area contributed by atoms with Crippen LogP contribution < -0.4 is 0 Å². The first kappa shape index (κ1) is 18.3. The molecule has 134 valence electrons. The molecule has 5 nitrogen and oxygen atoms in total. The summed E-state index contributed by atoms with van der Waals surface area (Å²) in [5, 5.41) is 7.97. The maximum Gasteiger partial charge on any atom is 0.316 e. The molecule has 0 saturated heterocycles. The van der Waals surface area contributed by atoms with E-state index >= 15 is 0 Å². The number of carbonyl (C=O) groups excluding carboxylic acids is 1. The molecule has 1 aromatic heterocycles. The highest BCUT2D eigenvalue weighted by molar-refractivity contribution is 7.99. The summed E-state index contributed by atoms with van der Waals surface area (Å²) in [4.78, 5) is 11.8. The van der Waals surface area contributed by atoms with E-state index in [1.54, 1.807) is 0 Å². The van der Waals surface area contributed by atoms with E-state index in [-0.39, 0.29) is 39.9 Å². The third-order valence-electron chi connectivity index (χ3n) is 3.25. The Hall–Kier alpha value is -2.45. The van der Waals surface area contributed by atoms with Crippen LogP contribution in [0.5, 0.6) is 0 Å². The van der Waals surface area contributed by atoms with Gasteiger partial charge in [-0.25, -0.2) is 8.78 Å². The molecule has 3 rings (SSSR count). The molecule has 0 aliphatic heterocycles. The summed E-state index contributed by atoms with van der Waals surface area (Å²) < 4.78 is 36.9. The van der Waals surface area contributed by atoms with Crippen molar-refractivity contribution in [3.8, 4) is 11.5 Å². The monoisotopic (exact) mass is 396 g/mol. The van der Waals surface area contributed by atoms with Crippen LogP contribution >= 0.6 is 23.4 Å². The van der Waals surface area contributed by atoms with Gasteiger partial charge in [0.25, 0.3) is 5.22 Å². The Kier molecular flexibility index (Phi) is 5.85. The number of hydrogen-bond acceptors (Lipinski definition) is 6. The van der Waals surface area contributed by atoms with Crippen molar-refractivity contribution in [3.05, 3.63) is 64.7 Å². The number of thioether (sulfide) groups is 1. The van der Waals surface area contributed by atoms with Crippen LogP contribution in [0.1, 0.15) is 5.56 Å². The van der Waals surface area contributed by atoms with Crippen molar-refractivity contribution in [1.82, 2.24) is 10.2 Å². The number of rotatable bonds is 6. The van der Waals surface area contributed by atoms with Gasteiger partial charge in [0.1, 0.15) is 24.0 Å². The molecule has 9 heteroatoms. The summed E-state index contributed by atoms with van der Waals surface area (Å²) in [6.07, 6.45) is 0. The van der Waals surface area contributed by atoms with E-state index in [2.05, 4.69) is 10.2 Å². The molecular formula is C17H11ClF2N2O3S. The van der Waals surface area contributed by atoms with Gasteiger partial charge >= 0.3 is 5.97 Å². The molecule has 0 fully saturated rings. The minimum absolute atomic E-state index is 0.100. The van der Waals surface area contributed by atoms with E-state index in [0.717, 1.165) is 11.8 Å². The molecule has 26 heavy (non-hydrogen) atoms. The van der Waals surface area contributed by atoms with Gasteiger partial charge in [-0.1, -0.05) is 29.4 Å². The fourth-order valence-corrected chi connectivity index (χ4v) is 2.74. The van der Waals surface area contributed by atoms with Gasteiger partial charge in [-0.15, -0.1) is 10.2 Å². The Labute approximate surface area is 156 Å². The molecule has 0 spiro atoms. The van der Waals surface area contributed by atoms with Crippen molar-refractivity contribution in [3.63, 3.8) is 0 Å². The Morgan fingerprint density at radius 2 is 1.92 bits per heavy atom. The lowest BCUT2D eigenvalue weighted by atomic mass is 10.2. The zero-order valence-corrected chi connectivity index (χ0v) is 14.7. The normalized spacial score (nSPS) is 10.7. The minimum atomic E-state index is -0.587. The second kappa shape index (κ2) is 8.29. The quantitative estimate of drug-likeness (QED) is 0.451. The molecule has 2 aromatic carbocycles. The standard InChI is InChI=1S/C17H11ClF2N2O3S/c18-13-2-1-3-14(20)12(13)8-24-15(23)9-26-17-22-21-16(25-17)10-4-6-11(19)7-5-10/h1-7H,8-9H2. The summed E-state index contributed by atoms with van der Waals surface area (Å²) in [5.41, 5.74) is 0.673. The lowest BCUT2D eigenvalue weighted by Gasteiger charge is -2.06. The highest BCUT2D eigenvalue weighted by Gasteiger charge is 2.14. The van der Waals surface area contributed by atoms with Gasteiger partial charge in [-0.2, -0.15) is 0 Å². The predicted octanol–water partition coefficient (Wildman–Crippen LogP) is 4.50. The van der Waals surface area contributed by atoms with Gasteiger partial charge in [0, 0.05) is 11.1 Å². The van der Waals surface area contributed by atoms with Crippen LogP contribution in [0.15, 0.2) is 52.1 Å². The van der Waals surface area contributed by atoms with Gasteiger partial charge in [0.2, 0.25) is 5.89 Å². The SMILES string of the molecule is O=C(CSc1nnc(-c2ccc(F)cc2)o1)OCc1c(F)cccc1Cl. The highest BCUT2D eigenvalue weighted by Crippen LogP contribution is 2.24. The molecular weight excluding hydrogens is 386 g/mol. The zero-order chi connectivity index (χ0) is 18.5. The van der Waals surface area contributed by atoms with Crippen LogP contribution in [0.25, 0.3) is 11.5 Å². The van der Waals surface area contributed by atoms with Crippen LogP contribution in [-0.4, -0.2) is 21.9 Å². The number of halogens is 3. The largest absolute Gasteiger partial charge is 0.460 e. The fourth-order valence-electron chi connectivity index (χ4n) is 1.96. The molecule has 0 bridgehead atoms. The highest BCUT2D eigenvalue weighted by atomic mass is 35.5. The molecule has 0 aliphatic carbocycles. The van der Waals surface area contributed by atoms with Crippen molar-refractivity contribution in [2.45, 2.75) is 11.8 Å². The summed E-state index contributed by atoms with van der Waals surface area (Å²) in [7, 11) is 0. The van der Waals surface area contributed by atoms with Crippen molar-refractivity contribution in [1.29, 1.82) is 0 Å². The molecule has 0 saturated carbocycles. The minimum Gasteiger partial charge on any atom is -0.460 e. The third kappa shape index (κ3) is 4.59. The van der Waals surface area contributed by atoms with Crippen LogP contribution in [-0.2, 0) is 16.1 Å². The van der Waals surface area contributed by atoms with Crippen molar-refractivity contribution in [2.24, 2.45) is 0 Å². The van der Waals surface area contributed by atoms with E-state index < -0.39 is 11.8 Å². The maximum absolute atomic E-state index is 13.6. The number of ether oxygens (including phenoxy) is 1. The summed E-state index contributed by atoms with van der Waals surface area (Å²) in [6.45, 7) is -0.268. The molecule has 0 aliphatic rings. The number of esters is 1. The molecule has 3 aromatic rings. The lowest BCUT2D eigenvalue weighted by Crippen LogP contribution is -2.08. The van der Waals surface area contributed by atoms with Gasteiger partial charge in [-0.3, -0.25) is 4.79 Å². The topological polar surface area (TPSA) is 65.2 Å². The zero-order valence-electron chi connectivity index (χ0n) is 13.1. The number of nitrogens with zero attached hydrogens (tertiary/aromatic N) is 2. The van der Waals surface area contributed by atoms with Gasteiger partial charge in [-0.05, 0) is 36.4 Å². The first-order valence-corrected chi connectivity index (χ1v) is 8.70. The maximum atomic E-state index is 13.6. The molecule has 0 amide bonds. The van der Waals surface area contributed by atoms with E-state index in [1.165, 1.54) is 42.5 Å². The second-order valence-corrected chi connectivity index (χ2v) is 6.36. The number of carbonyl (C=O) groups is 1. The van der Waals surface area contributed by atoms with E-state index in [0.29, 0.717) is 5.56 Å². The average molecular weight is 397 g/mol. The molecule has 0 N–H and O–H groups in total. The summed E-state index contributed by atoms with van der Waals surface area (Å²) in [6, 6.07) is 9.77. The Bertz CT molecular complexity index is 898. The van der Waals surface area contributed by atoms with Crippen LogP contribution in [0.3, 0.4) is 0 Å². The lowest BCUT2D eigenvalue weighted by molar-refractivity contribution is -0.141. The molecule has 0 atom stereocenters. The van der Waals surface area contributed by atoms with Crippen molar-refractivity contribution >= 4 is 29.3 Å².